The van der Waals surface area contributed by atoms with Crippen molar-refractivity contribution >= 4 is 29.8 Å². The number of hydrogen-bond donors (Lipinski definition) is 1. The molecule has 6 heteroatoms. The van der Waals surface area contributed by atoms with Crippen molar-refractivity contribution in [2.24, 2.45) is 11.3 Å². The van der Waals surface area contributed by atoms with Crippen LogP contribution in [0.5, 0.6) is 0 Å². The molecular formula is C45H56IrN2O2Si-2. The number of carbonyl (C=O) groups is 1. The minimum Gasteiger partial charge on any atom is -0.512 e. The standard InChI is InChI=1S/C20H22NSi.C14H26O2.C11H8N.Ir/c1-14-10-15(2)12-17(11-14)20-19-7-6-18(22(3,4)5)13-16(19)8-9-21-20;1-6-11(7-2)12(15)10-13(16)14(5,8-3)9-4;1-2-6-10(7-3-1)11-8-4-5-9-12-11;/h6-11,13H,1-5H3;10-11,16H,6-9H2,1-5H3;1-6,8-9H;/q-1;;-1;/b;13-10-;;. The zero-order valence-corrected chi connectivity index (χ0v) is 35.6. The van der Waals surface area contributed by atoms with Gasteiger partial charge >= 0.3 is 0 Å². The van der Waals surface area contributed by atoms with Crippen molar-refractivity contribution < 1.29 is 30.0 Å². The molecule has 0 fully saturated rings. The van der Waals surface area contributed by atoms with Crippen molar-refractivity contribution in [1.82, 2.24) is 9.97 Å². The fourth-order valence-corrected chi connectivity index (χ4v) is 6.86. The molecule has 0 aliphatic carbocycles. The average Bonchev–Trinajstić information content (AvgIpc) is 3.11. The van der Waals surface area contributed by atoms with Gasteiger partial charge in [0.15, 0.2) is 5.78 Å². The molecule has 273 valence electrons. The van der Waals surface area contributed by atoms with Crippen LogP contribution in [-0.2, 0) is 24.9 Å². The van der Waals surface area contributed by atoms with Gasteiger partial charge in [0.1, 0.15) is 5.76 Å². The Bertz CT molecular complexity index is 1780. The van der Waals surface area contributed by atoms with Crippen molar-refractivity contribution in [2.75, 3.05) is 0 Å². The van der Waals surface area contributed by atoms with E-state index in [0.717, 1.165) is 53.8 Å². The average molecular weight is 877 g/mol. The van der Waals surface area contributed by atoms with Crippen LogP contribution in [0.15, 0.2) is 103 Å². The molecule has 1 radical (unpaired) electrons. The summed E-state index contributed by atoms with van der Waals surface area (Å²) in [5, 5.41) is 14.0. The Morgan fingerprint density at radius 3 is 2.10 bits per heavy atom. The molecule has 1 N–H and O–H groups in total. The van der Waals surface area contributed by atoms with E-state index in [-0.39, 0.29) is 43.0 Å². The maximum Gasteiger partial charge on any atom is 0.162 e. The predicted octanol–water partition coefficient (Wildman–Crippen LogP) is 11.7. The second-order valence-electron chi connectivity index (χ2n) is 14.3. The molecule has 0 bridgehead atoms. The maximum absolute atomic E-state index is 11.9. The number of benzene rings is 3. The Balaban J connectivity index is 0.000000276. The van der Waals surface area contributed by atoms with Gasteiger partial charge in [-0.3, -0.25) is 4.79 Å². The molecule has 0 unspecified atom stereocenters. The molecule has 0 aliphatic heterocycles. The fourth-order valence-electron chi connectivity index (χ4n) is 5.69. The fraction of sp³-hybridized carbons (Fsp3) is 0.356. The summed E-state index contributed by atoms with van der Waals surface area (Å²) in [6.07, 6.45) is 8.53. The summed E-state index contributed by atoms with van der Waals surface area (Å²) in [5.74, 6) is 0.366. The molecule has 0 spiro atoms. The van der Waals surface area contributed by atoms with Gasteiger partial charge in [-0.05, 0) is 60.0 Å². The number of ketones is 1. The summed E-state index contributed by atoms with van der Waals surface area (Å²) in [7, 11) is -1.29. The van der Waals surface area contributed by atoms with E-state index < -0.39 is 8.07 Å². The van der Waals surface area contributed by atoms with Gasteiger partial charge in [-0.25, -0.2) is 0 Å². The first-order chi connectivity index (χ1) is 23.8. The van der Waals surface area contributed by atoms with Crippen molar-refractivity contribution in [3.8, 4) is 22.5 Å². The van der Waals surface area contributed by atoms with E-state index in [1.54, 1.807) is 6.20 Å². The maximum atomic E-state index is 11.9. The molecule has 0 saturated heterocycles. The number of hydrogen-bond acceptors (Lipinski definition) is 4. The number of pyridine rings is 2. The monoisotopic (exact) mass is 877 g/mol. The van der Waals surface area contributed by atoms with Crippen LogP contribution in [0.2, 0.25) is 19.6 Å². The van der Waals surface area contributed by atoms with Crippen molar-refractivity contribution in [3.63, 3.8) is 0 Å². The number of aliphatic hydroxyl groups excluding tert-OH is 1. The van der Waals surface area contributed by atoms with Crippen molar-refractivity contribution in [2.45, 2.75) is 93.8 Å². The summed E-state index contributed by atoms with van der Waals surface area (Å²) in [5.41, 5.74) is 6.30. The first kappa shape index (κ1) is 43.5. The second-order valence-corrected chi connectivity index (χ2v) is 19.4. The van der Waals surface area contributed by atoms with Crippen LogP contribution in [0, 0.1) is 37.3 Å². The molecule has 2 aromatic heterocycles. The van der Waals surface area contributed by atoms with Crippen LogP contribution in [0.3, 0.4) is 0 Å². The van der Waals surface area contributed by atoms with E-state index in [4.69, 9.17) is 0 Å². The van der Waals surface area contributed by atoms with Crippen LogP contribution in [-0.4, -0.2) is 28.9 Å². The summed E-state index contributed by atoms with van der Waals surface area (Å²) in [6.45, 7) is 21.5. The van der Waals surface area contributed by atoms with Gasteiger partial charge in [-0.2, -0.15) is 0 Å². The van der Waals surface area contributed by atoms with E-state index in [2.05, 4.69) is 92.0 Å². The molecule has 3 aromatic carbocycles. The smallest absolute Gasteiger partial charge is 0.162 e. The third-order valence-corrected chi connectivity index (χ3v) is 11.6. The largest absolute Gasteiger partial charge is 0.512 e. The van der Waals surface area contributed by atoms with Crippen LogP contribution in [0.25, 0.3) is 33.3 Å². The summed E-state index contributed by atoms with van der Waals surface area (Å²) in [4.78, 5) is 20.7. The number of aromatic nitrogens is 2. The van der Waals surface area contributed by atoms with Crippen LogP contribution >= 0.6 is 0 Å². The summed E-state index contributed by atoms with van der Waals surface area (Å²) in [6, 6.07) is 33.6. The molecule has 5 rings (SSSR count). The van der Waals surface area contributed by atoms with Gasteiger partial charge in [0.05, 0.1) is 8.07 Å². The Hall–Kier alpha value is -3.70. The van der Waals surface area contributed by atoms with Gasteiger partial charge < -0.3 is 15.1 Å². The molecule has 0 aliphatic rings. The van der Waals surface area contributed by atoms with E-state index >= 15 is 0 Å². The molecule has 0 atom stereocenters. The number of nitrogens with zero attached hydrogens (tertiary/aromatic N) is 2. The molecule has 2 heterocycles. The predicted molar refractivity (Wildman–Crippen MR) is 215 cm³/mol. The number of rotatable bonds is 10. The molecule has 5 aromatic rings. The topological polar surface area (TPSA) is 63.1 Å². The zero-order chi connectivity index (χ0) is 36.9. The first-order valence-electron chi connectivity index (χ1n) is 18.0. The Morgan fingerprint density at radius 2 is 1.55 bits per heavy atom. The van der Waals surface area contributed by atoms with Crippen molar-refractivity contribution in [3.05, 3.63) is 126 Å². The quantitative estimate of drug-likeness (QED) is 0.0657. The normalized spacial score (nSPS) is 11.5. The van der Waals surface area contributed by atoms with Gasteiger partial charge in [0.25, 0.3) is 0 Å². The second kappa shape index (κ2) is 20.4. The number of allylic oxidation sites excluding steroid dienone is 2. The Morgan fingerprint density at radius 1 is 0.863 bits per heavy atom. The molecule has 4 nitrogen and oxygen atoms in total. The van der Waals surface area contributed by atoms with Gasteiger partial charge in [-0.15, -0.1) is 70.8 Å². The van der Waals surface area contributed by atoms with E-state index in [0.29, 0.717) is 0 Å². The number of fused-ring (bicyclic) bond motifs is 1. The van der Waals surface area contributed by atoms with E-state index in [1.807, 2.05) is 83.3 Å². The zero-order valence-electron chi connectivity index (χ0n) is 32.2. The number of carbonyl (C=O) groups excluding carboxylic acids is 1. The Kier molecular flexibility index (Phi) is 17.4. The number of aliphatic hydroxyl groups is 1. The minimum absolute atomic E-state index is 0. The SMILES string of the molecule is CCC(CC)C(=O)/C=C(\O)C(C)(CC)CC.Cc1[c-]c(-c2nccc3cc([Si](C)(C)C)ccc23)cc(C)c1.[Ir].[c-]1ccccc1-c1ccccn1. The summed E-state index contributed by atoms with van der Waals surface area (Å²) < 4.78 is 0. The van der Waals surface area contributed by atoms with E-state index in [1.165, 1.54) is 27.6 Å². The van der Waals surface area contributed by atoms with Gasteiger partial charge in [0, 0.05) is 49.9 Å². The molecule has 0 saturated carbocycles. The third kappa shape index (κ3) is 12.5. The number of aryl methyl sites for hydroxylation is 2. The molecule has 0 amide bonds. The van der Waals surface area contributed by atoms with Crippen LogP contribution in [0.1, 0.15) is 71.4 Å². The Labute approximate surface area is 322 Å². The van der Waals surface area contributed by atoms with Crippen LogP contribution < -0.4 is 5.19 Å². The summed E-state index contributed by atoms with van der Waals surface area (Å²) >= 11 is 0. The van der Waals surface area contributed by atoms with Gasteiger partial charge in [-0.1, -0.05) is 104 Å². The third-order valence-electron chi connectivity index (χ3n) is 9.53. The molecular weight excluding hydrogens is 821 g/mol. The molecule has 51 heavy (non-hydrogen) atoms. The van der Waals surface area contributed by atoms with E-state index in [9.17, 15) is 9.90 Å². The van der Waals surface area contributed by atoms with Gasteiger partial charge in [0.2, 0.25) is 0 Å². The minimum atomic E-state index is -1.29. The first-order valence-corrected chi connectivity index (χ1v) is 21.5. The van der Waals surface area contributed by atoms with Crippen molar-refractivity contribution in [1.29, 1.82) is 0 Å². The van der Waals surface area contributed by atoms with Crippen LogP contribution in [0.4, 0.5) is 0 Å².